The molecule has 1 aliphatic carbocycles. The molecular weight excluding hydrogens is 292 g/mol. The van der Waals surface area contributed by atoms with Crippen molar-refractivity contribution in [1.29, 1.82) is 0 Å². The van der Waals surface area contributed by atoms with Crippen molar-refractivity contribution < 1.29 is 19.7 Å². The van der Waals surface area contributed by atoms with Crippen molar-refractivity contribution in [2.75, 3.05) is 0 Å². The fourth-order valence-electron chi connectivity index (χ4n) is 3.17. The SMILES string of the molecule is CC(OOC(C)(CCCCC(C)(C)C)C(=O)O)C1CCCCC1. The van der Waals surface area contributed by atoms with Crippen molar-refractivity contribution in [3.8, 4) is 0 Å². The zero-order valence-electron chi connectivity index (χ0n) is 15.7. The summed E-state index contributed by atoms with van der Waals surface area (Å²) in [7, 11) is 0. The molecule has 136 valence electrons. The van der Waals surface area contributed by atoms with Gasteiger partial charge in [-0.1, -0.05) is 46.5 Å². The number of unbranched alkanes of at least 4 members (excludes halogenated alkanes) is 1. The van der Waals surface area contributed by atoms with Crippen molar-refractivity contribution in [3.05, 3.63) is 0 Å². The maximum atomic E-state index is 11.6. The molecule has 0 heterocycles. The maximum Gasteiger partial charge on any atom is 0.339 e. The monoisotopic (exact) mass is 328 g/mol. The van der Waals surface area contributed by atoms with E-state index < -0.39 is 11.6 Å². The van der Waals surface area contributed by atoms with E-state index in [2.05, 4.69) is 20.8 Å². The van der Waals surface area contributed by atoms with Crippen LogP contribution in [0.3, 0.4) is 0 Å². The molecule has 1 aliphatic rings. The van der Waals surface area contributed by atoms with Gasteiger partial charge in [0.15, 0.2) is 5.60 Å². The number of hydrogen-bond acceptors (Lipinski definition) is 3. The molecule has 1 N–H and O–H groups in total. The lowest BCUT2D eigenvalue weighted by Gasteiger charge is -2.30. The van der Waals surface area contributed by atoms with E-state index in [0.717, 1.165) is 32.1 Å². The molecular formula is C19H36O4. The van der Waals surface area contributed by atoms with E-state index in [1.165, 1.54) is 19.3 Å². The normalized spacial score (nSPS) is 20.9. The lowest BCUT2D eigenvalue weighted by Crippen LogP contribution is -2.40. The van der Waals surface area contributed by atoms with Crippen LogP contribution < -0.4 is 0 Å². The van der Waals surface area contributed by atoms with E-state index in [0.29, 0.717) is 12.3 Å². The van der Waals surface area contributed by atoms with Gasteiger partial charge >= 0.3 is 5.97 Å². The van der Waals surface area contributed by atoms with Crippen LogP contribution in [0, 0.1) is 11.3 Å². The molecule has 1 saturated carbocycles. The number of carbonyl (C=O) groups is 1. The van der Waals surface area contributed by atoms with Gasteiger partial charge in [0.1, 0.15) is 0 Å². The van der Waals surface area contributed by atoms with Gasteiger partial charge in [-0.15, -0.1) is 0 Å². The first kappa shape index (κ1) is 20.4. The summed E-state index contributed by atoms with van der Waals surface area (Å²) in [6.45, 7) is 10.2. The van der Waals surface area contributed by atoms with Gasteiger partial charge in [0, 0.05) is 0 Å². The zero-order chi connectivity index (χ0) is 17.5. The molecule has 0 amide bonds. The Morgan fingerprint density at radius 1 is 1.09 bits per heavy atom. The van der Waals surface area contributed by atoms with Crippen LogP contribution >= 0.6 is 0 Å². The maximum absolute atomic E-state index is 11.6. The van der Waals surface area contributed by atoms with Crippen molar-refractivity contribution in [2.45, 2.75) is 104 Å². The minimum Gasteiger partial charge on any atom is -0.479 e. The summed E-state index contributed by atoms with van der Waals surface area (Å²) in [6, 6.07) is 0. The third-order valence-electron chi connectivity index (χ3n) is 4.98. The molecule has 0 aromatic rings. The lowest BCUT2D eigenvalue weighted by atomic mass is 9.86. The van der Waals surface area contributed by atoms with Crippen molar-refractivity contribution >= 4 is 5.97 Å². The third kappa shape index (κ3) is 7.67. The predicted molar refractivity (Wildman–Crippen MR) is 92.2 cm³/mol. The third-order valence-corrected chi connectivity index (χ3v) is 4.98. The number of aliphatic carboxylic acids is 1. The molecule has 0 aromatic carbocycles. The summed E-state index contributed by atoms with van der Waals surface area (Å²) in [5, 5.41) is 9.51. The second kappa shape index (κ2) is 9.03. The number of carboxylic acid groups (broad SMARTS) is 1. The average molecular weight is 328 g/mol. The van der Waals surface area contributed by atoms with E-state index >= 15 is 0 Å². The van der Waals surface area contributed by atoms with Crippen LogP contribution in [0.1, 0.15) is 92.4 Å². The van der Waals surface area contributed by atoms with Crippen molar-refractivity contribution in [1.82, 2.24) is 0 Å². The highest BCUT2D eigenvalue weighted by atomic mass is 17.2. The van der Waals surface area contributed by atoms with Gasteiger partial charge in [-0.05, 0) is 57.3 Å². The van der Waals surface area contributed by atoms with Crippen LogP contribution in [-0.4, -0.2) is 22.8 Å². The molecule has 0 aromatic heterocycles. The Labute approximate surface area is 141 Å². The van der Waals surface area contributed by atoms with Crippen LogP contribution in [0.15, 0.2) is 0 Å². The summed E-state index contributed by atoms with van der Waals surface area (Å²) in [4.78, 5) is 22.6. The predicted octanol–water partition coefficient (Wildman–Crippen LogP) is 5.35. The van der Waals surface area contributed by atoms with Crippen LogP contribution in [0.2, 0.25) is 0 Å². The van der Waals surface area contributed by atoms with E-state index in [4.69, 9.17) is 9.78 Å². The smallest absolute Gasteiger partial charge is 0.339 e. The zero-order valence-corrected chi connectivity index (χ0v) is 15.7. The fourth-order valence-corrected chi connectivity index (χ4v) is 3.17. The summed E-state index contributed by atoms with van der Waals surface area (Å²) in [6.07, 6.45) is 9.45. The average Bonchev–Trinajstić information content (AvgIpc) is 2.49. The first-order valence-corrected chi connectivity index (χ1v) is 9.22. The van der Waals surface area contributed by atoms with Gasteiger partial charge < -0.3 is 5.11 Å². The minimum atomic E-state index is -1.25. The minimum absolute atomic E-state index is 0.0384. The lowest BCUT2D eigenvalue weighted by molar-refractivity contribution is -0.379. The second-order valence-corrected chi connectivity index (χ2v) is 8.59. The number of hydrogen-bond donors (Lipinski definition) is 1. The van der Waals surface area contributed by atoms with Gasteiger partial charge in [0.2, 0.25) is 0 Å². The molecule has 1 rings (SSSR count). The molecule has 2 atom stereocenters. The Bertz CT molecular complexity index is 355. The number of rotatable bonds is 9. The van der Waals surface area contributed by atoms with Gasteiger partial charge in [-0.25, -0.2) is 14.6 Å². The molecule has 0 aliphatic heterocycles. The highest BCUT2D eigenvalue weighted by Crippen LogP contribution is 2.30. The molecule has 23 heavy (non-hydrogen) atoms. The van der Waals surface area contributed by atoms with Gasteiger partial charge in [-0.2, -0.15) is 0 Å². The van der Waals surface area contributed by atoms with E-state index in [9.17, 15) is 9.90 Å². The van der Waals surface area contributed by atoms with E-state index in [1.807, 2.05) is 6.92 Å². The van der Waals surface area contributed by atoms with Crippen molar-refractivity contribution in [3.63, 3.8) is 0 Å². The Kier molecular flexibility index (Phi) is 8.02. The number of carboxylic acids is 1. The quantitative estimate of drug-likeness (QED) is 0.352. The molecule has 1 fully saturated rings. The first-order valence-electron chi connectivity index (χ1n) is 9.22. The highest BCUT2D eigenvalue weighted by molar-refractivity contribution is 5.76. The molecule has 0 spiro atoms. The van der Waals surface area contributed by atoms with Gasteiger partial charge in [-0.3, -0.25) is 0 Å². The largest absolute Gasteiger partial charge is 0.479 e. The summed E-state index contributed by atoms with van der Waals surface area (Å²) in [5.41, 5.74) is -0.965. The topological polar surface area (TPSA) is 55.8 Å². The van der Waals surface area contributed by atoms with Crippen LogP contribution in [0.5, 0.6) is 0 Å². The Hall–Kier alpha value is -0.610. The standard InChI is InChI=1S/C19H36O4/c1-15(16-11-7-6-8-12-16)22-23-19(5,17(20)21)14-10-9-13-18(2,3)4/h15-16H,6-14H2,1-5H3,(H,20,21). The summed E-state index contributed by atoms with van der Waals surface area (Å²) >= 11 is 0. The van der Waals surface area contributed by atoms with Crippen LogP contribution in [0.25, 0.3) is 0 Å². The van der Waals surface area contributed by atoms with E-state index in [1.54, 1.807) is 6.92 Å². The molecule has 4 nitrogen and oxygen atoms in total. The summed E-state index contributed by atoms with van der Waals surface area (Å²) < 4.78 is 0. The molecule has 0 radical (unpaired) electrons. The van der Waals surface area contributed by atoms with Gasteiger partial charge in [0.05, 0.1) is 6.10 Å². The Morgan fingerprint density at radius 3 is 2.17 bits per heavy atom. The van der Waals surface area contributed by atoms with E-state index in [-0.39, 0.29) is 11.5 Å². The molecule has 2 unspecified atom stereocenters. The molecule has 0 bridgehead atoms. The Morgan fingerprint density at radius 2 is 1.65 bits per heavy atom. The van der Waals surface area contributed by atoms with Crippen LogP contribution in [-0.2, 0) is 14.6 Å². The van der Waals surface area contributed by atoms with Gasteiger partial charge in [0.25, 0.3) is 0 Å². The molecule has 0 saturated heterocycles. The van der Waals surface area contributed by atoms with Crippen molar-refractivity contribution in [2.24, 2.45) is 11.3 Å². The second-order valence-electron chi connectivity index (χ2n) is 8.59. The summed E-state index contributed by atoms with van der Waals surface area (Å²) in [5.74, 6) is -0.452. The van der Waals surface area contributed by atoms with Crippen LogP contribution in [0.4, 0.5) is 0 Å². The molecule has 4 heteroatoms. The Balaban J connectivity index is 2.41. The highest BCUT2D eigenvalue weighted by Gasteiger charge is 2.37. The first-order chi connectivity index (χ1) is 10.6. The fraction of sp³-hybridized carbons (Fsp3) is 0.947.